The van der Waals surface area contributed by atoms with Gasteiger partial charge in [0.15, 0.2) is 0 Å². The summed E-state index contributed by atoms with van der Waals surface area (Å²) in [5.41, 5.74) is 36.8. The molecule has 12 rings (SSSR count). The molecule has 0 aliphatic heterocycles. The fourth-order valence-corrected chi connectivity index (χ4v) is 9.60. The zero-order chi connectivity index (χ0) is 93.6. The van der Waals surface area contributed by atoms with Crippen molar-refractivity contribution in [1.82, 2.24) is 65.3 Å². The number of benzene rings is 5. The molecule has 0 saturated carbocycles. The van der Waals surface area contributed by atoms with E-state index in [1.165, 1.54) is 96.6 Å². The number of aliphatic imine (C=N–C) groups is 1. The van der Waals surface area contributed by atoms with Crippen LogP contribution in [0.1, 0.15) is 114 Å². The molecular weight excluding hydrogens is 1730 g/mol. The Morgan fingerprint density at radius 1 is 0.516 bits per heavy atom. The average Bonchev–Trinajstić information content (AvgIpc) is 1.56. The number of aryl methyl sites for hydroxylation is 5. The molecule has 12 aromatic rings. The zero-order valence-electron chi connectivity index (χ0n) is 72.3. The van der Waals surface area contributed by atoms with Crippen LogP contribution in [0.3, 0.4) is 0 Å². The van der Waals surface area contributed by atoms with Gasteiger partial charge < -0.3 is 62.5 Å². The number of hydrogen-bond donors (Lipinski definition) is 5. The van der Waals surface area contributed by atoms with Crippen LogP contribution in [-0.4, -0.2) is 189 Å². The van der Waals surface area contributed by atoms with E-state index in [-0.39, 0.29) is 137 Å². The quantitative estimate of drug-likeness (QED) is 0.00690. The summed E-state index contributed by atoms with van der Waals surface area (Å²) in [4.78, 5) is 96.0. The maximum Gasteiger partial charge on any atom is 1.00 e. The molecule has 44 heteroatoms. The molecule has 0 unspecified atom stereocenters. The predicted octanol–water partition coefficient (Wildman–Crippen LogP) is 10.7. The number of nitrogens with one attached hydrogen (secondary N) is 1. The molecule has 128 heavy (non-hydrogen) atoms. The van der Waals surface area contributed by atoms with E-state index < -0.39 is 59.3 Å². The number of aliphatic hydroxyl groups is 1. The largest absolute Gasteiger partial charge is 1.00 e. The van der Waals surface area contributed by atoms with E-state index in [1.807, 2.05) is 77.1 Å². The topological polar surface area (TPSA) is 497 Å². The number of amides is 1. The van der Waals surface area contributed by atoms with E-state index in [0.29, 0.717) is 68.9 Å². The maximum absolute atomic E-state index is 13.6. The van der Waals surface area contributed by atoms with Crippen LogP contribution in [0, 0.1) is 46.8 Å². The van der Waals surface area contributed by atoms with Gasteiger partial charge in [-0.3, -0.25) is 47.8 Å². The number of carbonyl (C=O) groups excluding carboxylic acids is 5. The Balaban J connectivity index is 0.00000150. The summed E-state index contributed by atoms with van der Waals surface area (Å²) >= 11 is 5.15. The van der Waals surface area contributed by atoms with Gasteiger partial charge in [0.1, 0.15) is 0 Å². The molecule has 0 spiro atoms. The number of nitrogen functional groups attached to an aromatic ring is 1. The molecule has 1 atom stereocenters. The Morgan fingerprint density at radius 2 is 0.797 bits per heavy atom. The molecule has 668 valence electrons. The van der Waals surface area contributed by atoms with Crippen LogP contribution in [0.4, 0.5) is 52.2 Å². The Bertz CT molecular complexity index is 5550. The summed E-state index contributed by atoms with van der Waals surface area (Å²) in [6.07, 6.45) is 6.68. The monoisotopic (exact) mass is 1820 g/mol. The zero-order valence-corrected chi connectivity index (χ0v) is 77.1. The van der Waals surface area contributed by atoms with E-state index in [0.717, 1.165) is 48.4 Å². The fraction of sp³-hybridized carbons (Fsp3) is 0.238. The first-order valence-corrected chi connectivity index (χ1v) is 37.0. The van der Waals surface area contributed by atoms with Crippen LogP contribution >= 0.6 is 11.6 Å². The first kappa shape index (κ1) is 115. The van der Waals surface area contributed by atoms with Crippen LogP contribution in [-0.2, 0) is 23.7 Å². The molecule has 0 fully saturated rings. The van der Waals surface area contributed by atoms with Gasteiger partial charge in [-0.15, -0.1) is 0 Å². The number of methoxy groups -OCH3 is 4. The number of rotatable bonds is 16. The molecule has 33 nitrogen and oxygen atoms in total. The summed E-state index contributed by atoms with van der Waals surface area (Å²) in [5.74, 6) is -8.29. The van der Waals surface area contributed by atoms with Gasteiger partial charge in [0.05, 0.1) is 128 Å². The number of carboxylic acids is 1. The third kappa shape index (κ3) is 39.8. The number of carboxylic acid groups (broad SMARTS) is 1. The molecular formula is C84H89ClF8N20Na2O13. The minimum Gasteiger partial charge on any atom is -0.870 e. The molecule has 0 bridgehead atoms. The van der Waals surface area contributed by atoms with E-state index in [9.17, 15) is 69.0 Å². The number of tetrazole rings is 2. The summed E-state index contributed by atoms with van der Waals surface area (Å²) in [6.45, 7) is 15.5. The predicted molar refractivity (Wildman–Crippen MR) is 455 cm³/mol. The van der Waals surface area contributed by atoms with Crippen LogP contribution < -0.4 is 75.9 Å². The van der Waals surface area contributed by atoms with Crippen molar-refractivity contribution in [2.75, 3.05) is 66.1 Å². The number of pyridine rings is 5. The third-order valence-electron chi connectivity index (χ3n) is 15.1. The van der Waals surface area contributed by atoms with Gasteiger partial charge in [0.2, 0.25) is 0 Å². The van der Waals surface area contributed by atoms with Crippen molar-refractivity contribution in [2.45, 2.75) is 81.2 Å². The van der Waals surface area contributed by atoms with Gasteiger partial charge in [0.25, 0.3) is 11.3 Å². The smallest absolute Gasteiger partial charge is 0.870 e. The summed E-state index contributed by atoms with van der Waals surface area (Å²) in [7, 11) is 5.09. The number of aliphatic hydroxyl groups excluding tert-OH is 1. The van der Waals surface area contributed by atoms with Crippen LogP contribution in [0.15, 0.2) is 188 Å². The molecule has 1 amide bonds. The summed E-state index contributed by atoms with van der Waals surface area (Å²) in [5, 5.41) is 39.2. The normalized spacial score (nSPS) is 10.1. The Labute approximate surface area is 779 Å². The molecule has 0 radical (unpaired) electrons. The average molecular weight is 1820 g/mol. The molecule has 0 saturated heterocycles. The number of nitrogens with zero attached hydrogens (tertiary/aromatic N) is 17. The Morgan fingerprint density at radius 3 is 1.07 bits per heavy atom. The second-order valence-electron chi connectivity index (χ2n) is 25.3. The van der Waals surface area contributed by atoms with Gasteiger partial charge in [-0.05, 0) is 244 Å². The number of hydrogen-bond acceptors (Lipinski definition) is 26. The fourth-order valence-electron chi connectivity index (χ4n) is 9.50. The SMILES string of the molecule is CCF.CCF.CCF.COC(=O)c1cc(-c2ccc(C)cn2)cc(-n2nnnc2F)c1.COC(=O)c1cc(N)cc(-c2ccc(C)cn2)c1.COC(=O)c1cc(N=C(F)Cl)cc(-c2ccc(C)cn2)c1.COC(=O)c1cc(NC(=O)C(C)(F)F)cc(-c2ccc(C)cn2)c1.C[C@H](N)CO.Cc1ccc(-c2cc(C(=O)O)cc(-n3nnnc3F)c2)nc1.[N-]=[N+]=[N-].[Na+].[Na+].[OH-]. The number of alkyl halides is 5. The van der Waals surface area contributed by atoms with Gasteiger partial charge in [-0.1, -0.05) is 40.5 Å². The molecule has 7 heterocycles. The maximum atomic E-state index is 13.6. The Hall–Kier alpha value is -12.8. The molecule has 0 aliphatic rings. The number of carbonyl (C=O) groups is 6. The van der Waals surface area contributed by atoms with Crippen molar-refractivity contribution >= 4 is 69.8 Å². The summed E-state index contributed by atoms with van der Waals surface area (Å²) in [6, 6.07) is 41.3. The number of halogens is 9. The number of anilines is 2. The van der Waals surface area contributed by atoms with Crippen molar-refractivity contribution in [2.24, 2.45) is 10.7 Å². The van der Waals surface area contributed by atoms with Gasteiger partial charge >= 0.3 is 107 Å². The van der Waals surface area contributed by atoms with E-state index in [2.05, 4.69) is 80.5 Å². The third-order valence-corrected chi connectivity index (χ3v) is 15.2. The van der Waals surface area contributed by atoms with Crippen LogP contribution in [0.2, 0.25) is 0 Å². The molecule has 5 aromatic carbocycles. The standard InChI is InChI=1S/C17H16F2N2O3.C15H12ClFN2O2.C15H12FN5O2.C14H10FN5O2.C14H14N2O2.C3H9NO.3C2H5F.N3.2Na.H2O/c1-10-4-5-14(20-9-10)11-6-12(15(22)24-3)8-13(7-11)21-16(23)17(2,18)19;1-9-3-4-13(18-8-9)10-5-11(14(20)21-2)7-12(6-10)19-15(16)17;1-9-3-4-13(17-8-9)10-5-11(14(22)23-2)7-12(6-10)21-15(16)18-19-20-21;1-8-2-3-12(16-7-8)9-4-10(13(21)22)6-11(5-9)20-14(15)17-18-19-20;1-9-3-4-13(16-8-9)10-5-11(14(17)18-2)7-12(15)6-10;1-3(4)2-5;3*1-2-3;1-3-2;;;/h4-9H,1-3H3,(H,21,23);3-8H,1-2H3;3-8H,1-2H3;2-7H,1H3,(H,21,22);3-8H,15H2,1-2H3;3,5H,2,4H2,1H3;3*2H2,1H3;;;;1H2/q;;;;;;;;;-1;2*+1;/p-1/t;;;;;3-;;;;;;;/m.....0......./s1. The van der Waals surface area contributed by atoms with Gasteiger partial charge in [-0.2, -0.15) is 31.3 Å². The second-order valence-corrected chi connectivity index (χ2v) is 25.6. The van der Waals surface area contributed by atoms with Crippen molar-refractivity contribution < 1.29 is 158 Å². The van der Waals surface area contributed by atoms with E-state index in [1.54, 1.807) is 105 Å². The number of aromatic nitrogens is 13. The number of esters is 4. The number of ether oxygens (including phenoxy) is 4. The second kappa shape index (κ2) is 60.0. The Kier molecular flexibility index (Phi) is 54.0. The van der Waals surface area contributed by atoms with Crippen LogP contribution in [0.25, 0.3) is 83.6 Å². The first-order valence-electron chi connectivity index (χ1n) is 36.6. The van der Waals surface area contributed by atoms with Crippen molar-refractivity contribution in [3.63, 3.8) is 0 Å². The molecule has 0 aliphatic carbocycles. The molecule has 8 N–H and O–H groups in total. The van der Waals surface area contributed by atoms with Crippen molar-refractivity contribution in [3.05, 3.63) is 266 Å². The van der Waals surface area contributed by atoms with E-state index in [4.69, 9.17) is 44.0 Å². The van der Waals surface area contributed by atoms with E-state index >= 15 is 0 Å². The number of nitrogens with two attached hydrogens (primary N) is 2. The van der Waals surface area contributed by atoms with Crippen molar-refractivity contribution in [3.8, 4) is 67.7 Å². The van der Waals surface area contributed by atoms with Crippen molar-refractivity contribution in [1.29, 1.82) is 0 Å². The van der Waals surface area contributed by atoms with Crippen LogP contribution in [0.5, 0.6) is 0 Å². The minimum absolute atomic E-state index is 0. The molecule has 7 aromatic heterocycles. The first-order chi connectivity index (χ1) is 59.3. The van der Waals surface area contributed by atoms with Gasteiger partial charge in [0, 0.05) is 83.1 Å². The summed E-state index contributed by atoms with van der Waals surface area (Å²) < 4.78 is 117. The minimum atomic E-state index is -3.54. The number of aromatic carboxylic acids is 1. The van der Waals surface area contributed by atoms with Gasteiger partial charge in [-0.25, -0.2) is 29.0 Å².